The molecular formula is C20H18F5N5O2. The van der Waals surface area contributed by atoms with Crippen molar-refractivity contribution in [2.75, 3.05) is 18.5 Å². The summed E-state index contributed by atoms with van der Waals surface area (Å²) in [6.45, 7) is 1.28. The van der Waals surface area contributed by atoms with E-state index in [-0.39, 0.29) is 34.3 Å². The van der Waals surface area contributed by atoms with E-state index in [0.717, 1.165) is 19.3 Å². The molecule has 5 rings (SSSR count). The summed E-state index contributed by atoms with van der Waals surface area (Å²) in [4.78, 5) is 8.64. The largest absolute Gasteiger partial charge is 0.503 e. The average Bonchev–Trinajstić information content (AvgIpc) is 3.44. The number of hydrogen-bond acceptors (Lipinski definition) is 6. The van der Waals surface area contributed by atoms with Crippen LogP contribution in [0.4, 0.5) is 27.9 Å². The van der Waals surface area contributed by atoms with Gasteiger partial charge in [-0.05, 0) is 25.3 Å². The van der Waals surface area contributed by atoms with E-state index in [4.69, 9.17) is 4.74 Å². The summed E-state index contributed by atoms with van der Waals surface area (Å²) in [5.74, 6) is -5.03. The number of anilines is 1. The van der Waals surface area contributed by atoms with E-state index in [9.17, 15) is 27.1 Å². The minimum absolute atomic E-state index is 0.0664. The van der Waals surface area contributed by atoms with Crippen LogP contribution in [0.25, 0.3) is 22.3 Å². The number of nitrogens with zero attached hydrogens (tertiary/aromatic N) is 4. The number of ether oxygens (including phenoxy) is 1. The molecule has 1 spiro atoms. The summed E-state index contributed by atoms with van der Waals surface area (Å²) >= 11 is 0. The molecule has 1 unspecified atom stereocenters. The number of alkyl halides is 3. The summed E-state index contributed by atoms with van der Waals surface area (Å²) in [6, 6.07) is 0.416. The Bertz CT molecular complexity index is 1220. The first-order valence-electron chi connectivity index (χ1n) is 9.93. The maximum atomic E-state index is 14.6. The molecule has 1 saturated heterocycles. The standard InChI is InChI=1S/C20H18F5N5O2/c1-30-17-10(7-26-18(28-17)27-12-2-5-32-8-19(12)3-4-19)15(29-30)9-6-11(20(23,24)25)14(22)16(31)13(9)21/h6-7,12,31H,2-5,8H2,1H3,(H,26,27,28). The Balaban J connectivity index is 1.56. The van der Waals surface area contributed by atoms with E-state index in [1.807, 2.05) is 0 Å². The van der Waals surface area contributed by atoms with Crippen molar-refractivity contribution < 1.29 is 31.8 Å². The number of benzene rings is 1. The molecule has 3 heterocycles. The highest BCUT2D eigenvalue weighted by atomic mass is 19.4. The number of fused-ring (bicyclic) bond motifs is 1. The van der Waals surface area contributed by atoms with Crippen molar-refractivity contribution in [2.45, 2.75) is 31.5 Å². The number of aryl methyl sites for hydroxylation is 1. The second-order valence-corrected chi connectivity index (χ2v) is 8.25. The Kier molecular flexibility index (Phi) is 4.56. The molecule has 1 aliphatic carbocycles. The molecule has 2 aliphatic rings. The summed E-state index contributed by atoms with van der Waals surface area (Å²) in [7, 11) is 1.49. The van der Waals surface area contributed by atoms with Crippen molar-refractivity contribution in [3.63, 3.8) is 0 Å². The van der Waals surface area contributed by atoms with Gasteiger partial charge < -0.3 is 15.2 Å². The first-order valence-corrected chi connectivity index (χ1v) is 9.93. The minimum Gasteiger partial charge on any atom is -0.503 e. The molecule has 12 heteroatoms. The number of aromatic nitrogens is 4. The summed E-state index contributed by atoms with van der Waals surface area (Å²) in [5, 5.41) is 17.1. The number of hydrogen-bond donors (Lipinski definition) is 2. The SMILES string of the molecule is Cn1nc(-c2cc(C(F)(F)F)c(F)c(O)c2F)c2cnc(NC3CCOCC34CC4)nc21. The maximum Gasteiger partial charge on any atom is 0.419 e. The first-order chi connectivity index (χ1) is 15.1. The zero-order valence-electron chi connectivity index (χ0n) is 16.8. The normalized spacial score (nSPS) is 20.1. The molecule has 32 heavy (non-hydrogen) atoms. The van der Waals surface area contributed by atoms with Gasteiger partial charge in [-0.15, -0.1) is 0 Å². The Morgan fingerprint density at radius 3 is 2.69 bits per heavy atom. The number of halogens is 5. The number of aromatic hydroxyl groups is 1. The van der Waals surface area contributed by atoms with Crippen molar-refractivity contribution >= 4 is 17.0 Å². The molecule has 1 saturated carbocycles. The number of rotatable bonds is 3. The topological polar surface area (TPSA) is 85.1 Å². The molecule has 1 aromatic carbocycles. The van der Waals surface area contributed by atoms with Gasteiger partial charge in [-0.2, -0.15) is 23.3 Å². The lowest BCUT2D eigenvalue weighted by atomic mass is 9.93. The van der Waals surface area contributed by atoms with E-state index < -0.39 is 34.7 Å². The van der Waals surface area contributed by atoms with Gasteiger partial charge in [-0.25, -0.2) is 18.4 Å². The van der Waals surface area contributed by atoms with E-state index in [1.165, 1.54) is 17.9 Å². The summed E-state index contributed by atoms with van der Waals surface area (Å²) in [6.07, 6.45) is -0.947. The fourth-order valence-corrected chi connectivity index (χ4v) is 4.23. The smallest absolute Gasteiger partial charge is 0.419 e. The van der Waals surface area contributed by atoms with Gasteiger partial charge in [0.05, 0.1) is 17.6 Å². The van der Waals surface area contributed by atoms with Crippen LogP contribution in [-0.2, 0) is 18.0 Å². The zero-order chi connectivity index (χ0) is 22.8. The van der Waals surface area contributed by atoms with Gasteiger partial charge in [0.1, 0.15) is 5.69 Å². The fraction of sp³-hybridized carbons (Fsp3) is 0.450. The molecule has 1 atom stereocenters. The van der Waals surface area contributed by atoms with Gasteiger partial charge in [0.15, 0.2) is 23.0 Å². The molecule has 0 bridgehead atoms. The van der Waals surface area contributed by atoms with Crippen molar-refractivity contribution in [2.24, 2.45) is 12.5 Å². The van der Waals surface area contributed by atoms with Crippen molar-refractivity contribution in [1.82, 2.24) is 19.7 Å². The lowest BCUT2D eigenvalue weighted by Gasteiger charge is -2.32. The molecule has 170 valence electrons. The van der Waals surface area contributed by atoms with Crippen LogP contribution in [0.15, 0.2) is 12.3 Å². The van der Waals surface area contributed by atoms with Gasteiger partial charge in [0.2, 0.25) is 5.95 Å². The van der Waals surface area contributed by atoms with E-state index >= 15 is 0 Å². The van der Waals surface area contributed by atoms with Gasteiger partial charge in [0, 0.05) is 36.9 Å². The van der Waals surface area contributed by atoms with Crippen LogP contribution >= 0.6 is 0 Å². The summed E-state index contributed by atoms with van der Waals surface area (Å²) < 4.78 is 74.8. The van der Waals surface area contributed by atoms with Crippen LogP contribution in [0.2, 0.25) is 0 Å². The third kappa shape index (κ3) is 3.24. The highest BCUT2D eigenvalue weighted by Crippen LogP contribution is 2.52. The highest BCUT2D eigenvalue weighted by molar-refractivity contribution is 5.91. The summed E-state index contributed by atoms with van der Waals surface area (Å²) in [5.41, 5.74) is -2.42. The third-order valence-electron chi connectivity index (χ3n) is 6.19. The zero-order valence-corrected chi connectivity index (χ0v) is 16.8. The van der Waals surface area contributed by atoms with Crippen LogP contribution < -0.4 is 5.32 Å². The molecule has 0 radical (unpaired) electrons. The average molecular weight is 455 g/mol. The fourth-order valence-electron chi connectivity index (χ4n) is 4.23. The molecular weight excluding hydrogens is 437 g/mol. The van der Waals surface area contributed by atoms with E-state index in [0.29, 0.717) is 19.2 Å². The van der Waals surface area contributed by atoms with Crippen LogP contribution in [0.5, 0.6) is 5.75 Å². The van der Waals surface area contributed by atoms with Crippen LogP contribution in [0.1, 0.15) is 24.8 Å². The van der Waals surface area contributed by atoms with E-state index in [2.05, 4.69) is 20.4 Å². The van der Waals surface area contributed by atoms with Crippen molar-refractivity contribution in [3.05, 3.63) is 29.5 Å². The van der Waals surface area contributed by atoms with Gasteiger partial charge in [-0.1, -0.05) is 0 Å². The Hall–Kier alpha value is -3.02. The third-order valence-corrected chi connectivity index (χ3v) is 6.19. The van der Waals surface area contributed by atoms with Gasteiger partial charge >= 0.3 is 6.18 Å². The lowest BCUT2D eigenvalue weighted by molar-refractivity contribution is -0.140. The molecule has 3 aromatic rings. The van der Waals surface area contributed by atoms with Crippen molar-refractivity contribution in [3.8, 4) is 17.0 Å². The molecule has 1 aliphatic heterocycles. The Morgan fingerprint density at radius 2 is 2.00 bits per heavy atom. The van der Waals surface area contributed by atoms with Crippen LogP contribution in [0, 0.1) is 17.0 Å². The second kappa shape index (κ2) is 6.99. The molecule has 0 amide bonds. The maximum absolute atomic E-state index is 14.6. The molecule has 2 fully saturated rings. The molecule has 7 nitrogen and oxygen atoms in total. The monoisotopic (exact) mass is 455 g/mol. The number of phenols is 1. The predicted molar refractivity (Wildman–Crippen MR) is 103 cm³/mol. The Labute approximate surface area is 178 Å². The van der Waals surface area contributed by atoms with Crippen LogP contribution in [0.3, 0.4) is 0 Å². The first kappa shape index (κ1) is 20.9. The number of nitrogens with one attached hydrogen (secondary N) is 1. The van der Waals surface area contributed by atoms with Gasteiger partial charge in [0.25, 0.3) is 0 Å². The van der Waals surface area contributed by atoms with Crippen LogP contribution in [-0.4, -0.2) is 44.1 Å². The lowest BCUT2D eigenvalue weighted by Crippen LogP contribution is -2.39. The second-order valence-electron chi connectivity index (χ2n) is 8.25. The minimum atomic E-state index is -5.13. The number of phenolic OH excluding ortho intramolecular Hbond substituents is 1. The van der Waals surface area contributed by atoms with Gasteiger partial charge in [-0.3, -0.25) is 0 Å². The van der Waals surface area contributed by atoms with Crippen molar-refractivity contribution in [1.29, 1.82) is 0 Å². The Morgan fingerprint density at radius 1 is 1.25 bits per heavy atom. The highest BCUT2D eigenvalue weighted by Gasteiger charge is 2.51. The molecule has 2 N–H and O–H groups in total. The predicted octanol–water partition coefficient (Wildman–Crippen LogP) is 4.01. The quantitative estimate of drug-likeness (QED) is 0.581. The molecule has 2 aromatic heterocycles. The van der Waals surface area contributed by atoms with E-state index in [1.54, 1.807) is 0 Å².